The van der Waals surface area contributed by atoms with Gasteiger partial charge in [-0.15, -0.1) is 11.8 Å². The van der Waals surface area contributed by atoms with Gasteiger partial charge in [0.1, 0.15) is 0 Å². The second-order valence-electron chi connectivity index (χ2n) is 7.57. The van der Waals surface area contributed by atoms with E-state index in [-0.39, 0.29) is 17.6 Å². The van der Waals surface area contributed by atoms with Gasteiger partial charge in [-0.2, -0.15) is 0 Å². The largest absolute Gasteiger partial charge is 0.322 e. The zero-order valence-electron chi connectivity index (χ0n) is 17.3. The molecule has 158 valence electrons. The molecule has 1 N–H and O–H groups in total. The van der Waals surface area contributed by atoms with Crippen molar-refractivity contribution in [3.05, 3.63) is 96.2 Å². The molecule has 4 aromatic rings. The third-order valence-corrected chi connectivity index (χ3v) is 6.59. The number of hydrogen-bond acceptors (Lipinski definition) is 4. The van der Waals surface area contributed by atoms with Crippen LogP contribution in [0.2, 0.25) is 0 Å². The molecule has 5 nitrogen and oxygen atoms in total. The summed E-state index contributed by atoms with van der Waals surface area (Å²) >= 11 is 1.40. The molecule has 0 atom stereocenters. The van der Waals surface area contributed by atoms with Crippen LogP contribution in [0.4, 0.5) is 11.4 Å². The van der Waals surface area contributed by atoms with Gasteiger partial charge in [0.15, 0.2) is 0 Å². The first-order valence-corrected chi connectivity index (χ1v) is 11.4. The number of para-hydroxylation sites is 1. The molecule has 6 heteroatoms. The molecule has 1 aromatic heterocycles. The van der Waals surface area contributed by atoms with Crippen LogP contribution in [0.25, 0.3) is 10.9 Å². The highest BCUT2D eigenvalue weighted by atomic mass is 32.2. The van der Waals surface area contributed by atoms with Crippen molar-refractivity contribution in [1.82, 2.24) is 4.98 Å². The number of pyridine rings is 1. The summed E-state index contributed by atoms with van der Waals surface area (Å²) in [5.74, 6) is 0.132. The van der Waals surface area contributed by atoms with Gasteiger partial charge in [-0.05, 0) is 54.4 Å². The number of aromatic nitrogens is 1. The lowest BCUT2D eigenvalue weighted by molar-refractivity contribution is -0.116. The number of fused-ring (bicyclic) bond motifs is 2. The molecule has 0 bridgehead atoms. The van der Waals surface area contributed by atoms with E-state index >= 15 is 0 Å². The van der Waals surface area contributed by atoms with Crippen LogP contribution in [-0.4, -0.2) is 29.1 Å². The van der Waals surface area contributed by atoms with Gasteiger partial charge >= 0.3 is 0 Å². The van der Waals surface area contributed by atoms with Crippen molar-refractivity contribution in [2.75, 3.05) is 22.5 Å². The molecular formula is C26H21N3O2S. The quantitative estimate of drug-likeness (QED) is 0.436. The maximum Gasteiger partial charge on any atom is 0.256 e. The highest BCUT2D eigenvalue weighted by Gasteiger charge is 2.24. The first-order valence-electron chi connectivity index (χ1n) is 10.5. The summed E-state index contributed by atoms with van der Waals surface area (Å²) in [4.78, 5) is 32.8. The Labute approximate surface area is 190 Å². The smallest absolute Gasteiger partial charge is 0.256 e. The number of benzene rings is 3. The van der Waals surface area contributed by atoms with Crippen LogP contribution in [0.15, 0.2) is 90.0 Å². The van der Waals surface area contributed by atoms with Crippen molar-refractivity contribution >= 4 is 45.9 Å². The van der Waals surface area contributed by atoms with E-state index in [1.807, 2.05) is 71.6 Å². The van der Waals surface area contributed by atoms with Gasteiger partial charge in [-0.3, -0.25) is 14.6 Å². The van der Waals surface area contributed by atoms with Crippen molar-refractivity contribution in [3.8, 4) is 0 Å². The van der Waals surface area contributed by atoms with E-state index in [0.717, 1.165) is 27.9 Å². The van der Waals surface area contributed by atoms with Gasteiger partial charge in [-0.1, -0.05) is 36.4 Å². The number of carbonyl (C=O) groups is 2. The first kappa shape index (κ1) is 20.3. The minimum Gasteiger partial charge on any atom is -0.322 e. The highest BCUT2D eigenvalue weighted by Crippen LogP contribution is 2.30. The van der Waals surface area contributed by atoms with Crippen LogP contribution in [0.3, 0.4) is 0 Å². The molecule has 0 unspecified atom stereocenters. The summed E-state index contributed by atoms with van der Waals surface area (Å²) in [6.45, 7) is 0.706. The van der Waals surface area contributed by atoms with Crippen molar-refractivity contribution < 1.29 is 9.59 Å². The van der Waals surface area contributed by atoms with Crippen molar-refractivity contribution in [3.63, 3.8) is 0 Å². The molecule has 0 aliphatic carbocycles. The van der Waals surface area contributed by atoms with E-state index < -0.39 is 0 Å². The molecule has 2 amide bonds. The zero-order chi connectivity index (χ0) is 21.9. The molecule has 32 heavy (non-hydrogen) atoms. The predicted molar refractivity (Wildman–Crippen MR) is 129 cm³/mol. The summed E-state index contributed by atoms with van der Waals surface area (Å²) in [5.41, 5.74) is 4.34. The van der Waals surface area contributed by atoms with Crippen LogP contribution >= 0.6 is 11.8 Å². The van der Waals surface area contributed by atoms with Crippen molar-refractivity contribution in [2.45, 2.75) is 11.3 Å². The molecule has 1 aliphatic rings. The van der Waals surface area contributed by atoms with Crippen LogP contribution in [0, 0.1) is 0 Å². The normalized spacial score (nSPS) is 12.6. The van der Waals surface area contributed by atoms with E-state index in [0.29, 0.717) is 17.8 Å². The molecule has 5 rings (SSSR count). The lowest BCUT2D eigenvalue weighted by atomic mass is 10.1. The fourth-order valence-electron chi connectivity index (χ4n) is 3.95. The molecule has 2 heterocycles. The minimum absolute atomic E-state index is 0.0530. The number of nitrogens with zero attached hydrogens (tertiary/aromatic N) is 2. The Kier molecular flexibility index (Phi) is 5.60. The Morgan fingerprint density at radius 1 is 0.969 bits per heavy atom. The Morgan fingerprint density at radius 2 is 1.81 bits per heavy atom. The number of nitrogens with one attached hydrogen (secondary N) is 1. The number of carbonyl (C=O) groups excluding carboxylic acids is 2. The van der Waals surface area contributed by atoms with E-state index in [9.17, 15) is 9.59 Å². The Morgan fingerprint density at radius 3 is 2.75 bits per heavy atom. The standard InChI is InChI=1S/C26H21N3O2S/c30-25(29-15-13-18-6-1-3-9-23(18)29)17-32-24-10-4-2-8-21(24)26(31)28-20-11-12-22-19(16-20)7-5-14-27-22/h1-12,14,16H,13,15,17H2,(H,28,31). The summed E-state index contributed by atoms with van der Waals surface area (Å²) < 4.78 is 0. The molecule has 0 fully saturated rings. The number of rotatable bonds is 5. The van der Waals surface area contributed by atoms with E-state index in [1.54, 1.807) is 12.3 Å². The van der Waals surface area contributed by atoms with Gasteiger partial charge in [0.2, 0.25) is 5.91 Å². The van der Waals surface area contributed by atoms with E-state index in [2.05, 4.69) is 16.4 Å². The summed E-state index contributed by atoms with van der Waals surface area (Å²) in [5, 5.41) is 3.93. The second kappa shape index (κ2) is 8.85. The molecule has 0 radical (unpaired) electrons. The minimum atomic E-state index is -0.199. The number of anilines is 2. The number of hydrogen-bond donors (Lipinski definition) is 1. The lowest BCUT2D eigenvalue weighted by Crippen LogP contribution is -2.30. The topological polar surface area (TPSA) is 62.3 Å². The molecule has 0 saturated heterocycles. The molecule has 3 aromatic carbocycles. The van der Waals surface area contributed by atoms with Crippen LogP contribution in [0.1, 0.15) is 15.9 Å². The number of amides is 2. The Balaban J connectivity index is 1.29. The second-order valence-corrected chi connectivity index (χ2v) is 8.59. The lowest BCUT2D eigenvalue weighted by Gasteiger charge is -2.17. The molecule has 0 spiro atoms. The first-order chi connectivity index (χ1) is 15.7. The summed E-state index contributed by atoms with van der Waals surface area (Å²) in [6, 6.07) is 24.9. The fraction of sp³-hybridized carbons (Fsp3) is 0.115. The predicted octanol–water partition coefficient (Wildman–Crippen LogP) is 5.17. The average Bonchev–Trinajstić information content (AvgIpc) is 3.27. The highest BCUT2D eigenvalue weighted by molar-refractivity contribution is 8.00. The molecule has 1 aliphatic heterocycles. The summed E-state index contributed by atoms with van der Waals surface area (Å²) in [7, 11) is 0. The Hall–Kier alpha value is -3.64. The van der Waals surface area contributed by atoms with Crippen molar-refractivity contribution in [2.24, 2.45) is 0 Å². The van der Waals surface area contributed by atoms with Gasteiger partial charge in [0.25, 0.3) is 5.91 Å². The van der Waals surface area contributed by atoms with Crippen LogP contribution in [0.5, 0.6) is 0 Å². The molecule has 0 saturated carbocycles. The third-order valence-electron chi connectivity index (χ3n) is 5.53. The van der Waals surface area contributed by atoms with E-state index in [4.69, 9.17) is 0 Å². The van der Waals surface area contributed by atoms with E-state index in [1.165, 1.54) is 17.3 Å². The average molecular weight is 440 g/mol. The van der Waals surface area contributed by atoms with Crippen LogP contribution in [-0.2, 0) is 11.2 Å². The van der Waals surface area contributed by atoms with Gasteiger partial charge in [0, 0.05) is 34.4 Å². The maximum absolute atomic E-state index is 13.0. The number of thioether (sulfide) groups is 1. The Bertz CT molecular complexity index is 1320. The summed E-state index contributed by atoms with van der Waals surface area (Å²) in [6.07, 6.45) is 2.63. The van der Waals surface area contributed by atoms with Gasteiger partial charge < -0.3 is 10.2 Å². The zero-order valence-corrected chi connectivity index (χ0v) is 18.1. The van der Waals surface area contributed by atoms with Crippen molar-refractivity contribution in [1.29, 1.82) is 0 Å². The maximum atomic E-state index is 13.0. The van der Waals surface area contributed by atoms with Gasteiger partial charge in [-0.25, -0.2) is 0 Å². The monoisotopic (exact) mass is 439 g/mol. The van der Waals surface area contributed by atoms with Crippen LogP contribution < -0.4 is 10.2 Å². The fourth-order valence-corrected chi connectivity index (χ4v) is 4.87. The SMILES string of the molecule is O=C(Nc1ccc2ncccc2c1)c1ccccc1SCC(=O)N1CCc2ccccc21. The molecular weight excluding hydrogens is 418 g/mol. The third kappa shape index (κ3) is 4.09. The van der Waals surface area contributed by atoms with Gasteiger partial charge in [0.05, 0.1) is 16.8 Å².